The number of carbonyl (C=O) groups is 1. The molecule has 2 aliphatic heterocycles. The van der Waals surface area contributed by atoms with Crippen LogP contribution in [-0.2, 0) is 4.79 Å². The number of piperidine rings is 1. The van der Waals surface area contributed by atoms with Crippen LogP contribution >= 0.6 is 11.6 Å². The van der Waals surface area contributed by atoms with Gasteiger partial charge in [-0.2, -0.15) is 18.3 Å². The average molecular weight is 576 g/mol. The van der Waals surface area contributed by atoms with Gasteiger partial charge in [0.05, 0.1) is 35.1 Å². The molecule has 0 amide bonds. The molecule has 0 saturated carbocycles. The van der Waals surface area contributed by atoms with Gasteiger partial charge in [0.2, 0.25) is 5.88 Å². The lowest BCUT2D eigenvalue weighted by atomic mass is 9.52. The zero-order valence-corrected chi connectivity index (χ0v) is 23.8. The lowest BCUT2D eigenvalue weighted by Crippen LogP contribution is -2.44. The van der Waals surface area contributed by atoms with Crippen molar-refractivity contribution in [2.24, 2.45) is 16.9 Å². The number of aromatic nitrogens is 1. The number of hydrogen-bond acceptors (Lipinski definition) is 7. The smallest absolute Gasteiger partial charge is 0.431 e. The molecule has 1 aromatic heterocycles. The number of halogens is 4. The minimum absolute atomic E-state index is 0.0885. The van der Waals surface area contributed by atoms with Crippen molar-refractivity contribution in [3.63, 3.8) is 0 Å². The largest absolute Gasteiger partial charge is 0.499 e. The SMILES string of the molecule is BC(B)(B)Oc1cc(N2CC[C@@H](Oc3ccc(N4N=C(C(F)(F)F)[C@@H](C)[C@@H]4CC(=O)O)cc3)[C@H](C)C2)c(Cl)cn1. The number of ether oxygens (including phenoxy) is 2. The van der Waals surface area contributed by atoms with E-state index in [1.807, 2.05) is 29.6 Å². The summed E-state index contributed by atoms with van der Waals surface area (Å²) >= 11 is 6.47. The summed E-state index contributed by atoms with van der Waals surface area (Å²) in [5.41, 5.74) is 0.235. The molecule has 40 heavy (non-hydrogen) atoms. The van der Waals surface area contributed by atoms with Gasteiger partial charge in [-0.05, 0) is 24.3 Å². The molecule has 0 radical (unpaired) electrons. The Labute approximate surface area is 239 Å². The van der Waals surface area contributed by atoms with E-state index in [2.05, 4.69) is 21.9 Å². The highest BCUT2D eigenvalue weighted by atomic mass is 35.5. The fourth-order valence-electron chi connectivity index (χ4n) is 5.07. The predicted octanol–water partition coefficient (Wildman–Crippen LogP) is 2.14. The highest BCUT2D eigenvalue weighted by Gasteiger charge is 2.48. The number of alkyl halides is 3. The molecular formula is C25H31B3ClF3N4O4. The number of hydrogen-bond donors (Lipinski definition) is 1. The Bertz CT molecular complexity index is 1260. The second-order valence-electron chi connectivity index (χ2n) is 11.3. The lowest BCUT2D eigenvalue weighted by Gasteiger charge is -2.38. The molecule has 0 bridgehead atoms. The minimum Gasteiger partial charge on any atom is -0.499 e. The van der Waals surface area contributed by atoms with Crippen LogP contribution in [0.25, 0.3) is 0 Å². The highest BCUT2D eigenvalue weighted by molar-refractivity contribution is 6.58. The van der Waals surface area contributed by atoms with E-state index < -0.39 is 36.2 Å². The van der Waals surface area contributed by atoms with Gasteiger partial charge in [-0.15, -0.1) is 0 Å². The quantitative estimate of drug-likeness (QED) is 0.482. The lowest BCUT2D eigenvalue weighted by molar-refractivity contribution is -0.137. The molecule has 1 N–H and O–H groups in total. The monoisotopic (exact) mass is 576 g/mol. The summed E-state index contributed by atoms with van der Waals surface area (Å²) in [6.07, 6.45) is -2.88. The standard InChI is InChI=1S/C25H31B3ClF3N4O4/c1-13-12-35(19-9-21(33-11-17(19)29)40-25(26,27)28)8-7-20(13)39-16-5-3-15(4-6-16)36-18(10-22(37)38)14(2)23(34-36)24(30,31)32/h3-6,9,11,13-14,18,20H,7-8,10,12,26-28H2,1-2H3,(H,37,38)/t13-,14+,18+,20-/m1/s1. The first-order valence-corrected chi connectivity index (χ1v) is 13.5. The number of carboxylic acid groups (broad SMARTS) is 1. The van der Waals surface area contributed by atoms with Gasteiger partial charge in [0.15, 0.2) is 0 Å². The zero-order chi connectivity index (χ0) is 29.4. The first-order chi connectivity index (χ1) is 18.6. The molecule has 2 aromatic rings. The third-order valence-corrected chi connectivity index (χ3v) is 7.28. The molecule has 15 heteroatoms. The van der Waals surface area contributed by atoms with Gasteiger partial charge >= 0.3 is 12.1 Å². The Kier molecular flexibility index (Phi) is 8.58. The van der Waals surface area contributed by atoms with Crippen LogP contribution in [0.4, 0.5) is 24.5 Å². The van der Waals surface area contributed by atoms with Gasteiger partial charge in [-0.3, -0.25) is 9.80 Å². The van der Waals surface area contributed by atoms with Crippen molar-refractivity contribution in [3.05, 3.63) is 41.6 Å². The Morgan fingerprint density at radius 3 is 2.45 bits per heavy atom. The fraction of sp³-hybridized carbons (Fsp3) is 0.480. The summed E-state index contributed by atoms with van der Waals surface area (Å²) in [6, 6.07) is 7.46. The summed E-state index contributed by atoms with van der Waals surface area (Å²) in [6.45, 7) is 4.83. The van der Waals surface area contributed by atoms with Crippen molar-refractivity contribution in [2.45, 2.75) is 50.3 Å². The molecule has 4 rings (SSSR count). The number of anilines is 2. The topological polar surface area (TPSA) is 87.5 Å². The van der Waals surface area contributed by atoms with Gasteiger partial charge in [-0.25, -0.2) is 4.98 Å². The van der Waals surface area contributed by atoms with Crippen LogP contribution in [0.5, 0.6) is 11.6 Å². The highest BCUT2D eigenvalue weighted by Crippen LogP contribution is 2.37. The van der Waals surface area contributed by atoms with Crippen LogP contribution in [-0.4, -0.2) is 82.0 Å². The van der Waals surface area contributed by atoms with E-state index in [-0.39, 0.29) is 17.3 Å². The van der Waals surface area contributed by atoms with Crippen LogP contribution in [0.15, 0.2) is 41.6 Å². The number of pyridine rings is 1. The van der Waals surface area contributed by atoms with Crippen LogP contribution in [0.2, 0.25) is 5.02 Å². The average Bonchev–Trinajstić information content (AvgIpc) is 3.17. The second-order valence-corrected chi connectivity index (χ2v) is 11.7. The van der Waals surface area contributed by atoms with E-state index in [4.69, 9.17) is 21.1 Å². The maximum absolute atomic E-state index is 13.5. The normalized spacial score (nSPS) is 23.6. The molecule has 2 aliphatic rings. The Morgan fingerprint density at radius 2 is 1.88 bits per heavy atom. The van der Waals surface area contributed by atoms with Crippen molar-refractivity contribution >= 4 is 58.2 Å². The molecular weight excluding hydrogens is 545 g/mol. The summed E-state index contributed by atoms with van der Waals surface area (Å²) in [5, 5.41) is 14.3. The minimum atomic E-state index is -4.64. The number of aliphatic carboxylic acids is 1. The third-order valence-electron chi connectivity index (χ3n) is 6.99. The summed E-state index contributed by atoms with van der Waals surface area (Å²) in [5.74, 6) is -1.06. The molecule has 0 unspecified atom stereocenters. The Morgan fingerprint density at radius 1 is 1.20 bits per heavy atom. The fourth-order valence-corrected chi connectivity index (χ4v) is 5.30. The van der Waals surface area contributed by atoms with Gasteiger partial charge in [0.1, 0.15) is 41.1 Å². The summed E-state index contributed by atoms with van der Waals surface area (Å²) in [7, 11) is 5.86. The van der Waals surface area contributed by atoms with E-state index in [0.717, 1.165) is 17.1 Å². The second kappa shape index (κ2) is 11.5. The van der Waals surface area contributed by atoms with Crippen LogP contribution in [0.3, 0.4) is 0 Å². The predicted molar refractivity (Wildman–Crippen MR) is 156 cm³/mol. The third kappa shape index (κ3) is 7.00. The van der Waals surface area contributed by atoms with Gasteiger partial charge in [0, 0.05) is 42.7 Å². The summed E-state index contributed by atoms with van der Waals surface area (Å²) < 4.78 is 52.6. The van der Waals surface area contributed by atoms with Crippen LogP contribution in [0, 0.1) is 11.8 Å². The number of benzene rings is 1. The van der Waals surface area contributed by atoms with Crippen molar-refractivity contribution < 1.29 is 32.5 Å². The molecule has 8 nitrogen and oxygen atoms in total. The van der Waals surface area contributed by atoms with E-state index in [0.29, 0.717) is 35.4 Å². The van der Waals surface area contributed by atoms with Crippen molar-refractivity contribution in [1.29, 1.82) is 0 Å². The number of rotatable bonds is 8. The van der Waals surface area contributed by atoms with Gasteiger partial charge in [-0.1, -0.05) is 25.4 Å². The first kappa shape index (κ1) is 30.0. The van der Waals surface area contributed by atoms with Crippen molar-refractivity contribution in [1.82, 2.24) is 4.98 Å². The summed E-state index contributed by atoms with van der Waals surface area (Å²) in [4.78, 5) is 17.8. The van der Waals surface area contributed by atoms with E-state index in [1.54, 1.807) is 30.5 Å². The molecule has 212 valence electrons. The maximum atomic E-state index is 13.5. The van der Waals surface area contributed by atoms with E-state index in [9.17, 15) is 23.1 Å². The Hall–Kier alpha value is -3.02. The van der Waals surface area contributed by atoms with Gasteiger partial charge < -0.3 is 19.5 Å². The van der Waals surface area contributed by atoms with Crippen molar-refractivity contribution in [2.75, 3.05) is 23.0 Å². The number of carboxylic acids is 1. The molecule has 4 atom stereocenters. The molecule has 1 saturated heterocycles. The number of hydrazone groups is 1. The van der Waals surface area contributed by atoms with Crippen molar-refractivity contribution in [3.8, 4) is 11.6 Å². The number of nitrogens with zero attached hydrogens (tertiary/aromatic N) is 4. The Balaban J connectivity index is 1.43. The molecule has 1 fully saturated rings. The van der Waals surface area contributed by atoms with Gasteiger partial charge in [0.25, 0.3) is 0 Å². The van der Waals surface area contributed by atoms with Crippen LogP contribution < -0.4 is 19.4 Å². The molecule has 0 spiro atoms. The first-order valence-electron chi connectivity index (χ1n) is 13.2. The molecule has 1 aromatic carbocycles. The van der Waals surface area contributed by atoms with Crippen LogP contribution in [0.1, 0.15) is 26.7 Å². The molecule has 3 heterocycles. The maximum Gasteiger partial charge on any atom is 0.431 e. The molecule has 0 aliphatic carbocycles. The van der Waals surface area contributed by atoms with E-state index >= 15 is 0 Å². The zero-order valence-electron chi connectivity index (χ0n) is 23.1. The van der Waals surface area contributed by atoms with E-state index in [1.165, 1.54) is 6.92 Å².